The Hall–Kier alpha value is -1.84. The molecule has 7 heteroatoms. The fourth-order valence-electron chi connectivity index (χ4n) is 3.00. The van der Waals surface area contributed by atoms with E-state index < -0.39 is 0 Å². The highest BCUT2D eigenvalue weighted by Gasteiger charge is 2.27. The highest BCUT2D eigenvalue weighted by atomic mass is 127. The maximum atomic E-state index is 6.10. The molecule has 1 saturated heterocycles. The van der Waals surface area contributed by atoms with E-state index in [1.54, 1.807) is 0 Å². The van der Waals surface area contributed by atoms with Gasteiger partial charge in [0.05, 0.1) is 19.8 Å². The Bertz CT molecular complexity index is 762. The molecule has 28 heavy (non-hydrogen) atoms. The molecule has 1 aliphatic rings. The minimum absolute atomic E-state index is 0. The molecule has 0 saturated carbocycles. The quantitative estimate of drug-likeness (QED) is 0.360. The minimum atomic E-state index is -0.0612. The van der Waals surface area contributed by atoms with Gasteiger partial charge in [-0.25, -0.2) is 0 Å². The number of guanidine groups is 1. The van der Waals surface area contributed by atoms with Crippen molar-refractivity contribution in [3.63, 3.8) is 0 Å². The Balaban J connectivity index is 0.00000280. The number of anilines is 1. The molecule has 3 N–H and O–H groups in total. The first-order valence-corrected chi connectivity index (χ1v) is 9.26. The molecule has 0 unspecified atom stereocenters. The fourth-order valence-corrected chi connectivity index (χ4v) is 3.00. The van der Waals surface area contributed by atoms with Crippen LogP contribution in [0.15, 0.2) is 59.6 Å². The Kier molecular flexibility index (Phi) is 8.53. The lowest BCUT2D eigenvalue weighted by atomic mass is 10.0. The van der Waals surface area contributed by atoms with Gasteiger partial charge in [0.25, 0.3) is 0 Å². The first-order valence-electron chi connectivity index (χ1n) is 9.26. The minimum Gasteiger partial charge on any atom is -0.457 e. The maximum Gasteiger partial charge on any atom is 0.193 e. The summed E-state index contributed by atoms with van der Waals surface area (Å²) in [6.07, 6.45) is 0. The monoisotopic (exact) mass is 496 g/mol. The van der Waals surface area contributed by atoms with Gasteiger partial charge in [0.15, 0.2) is 5.96 Å². The van der Waals surface area contributed by atoms with E-state index in [2.05, 4.69) is 29.1 Å². The van der Waals surface area contributed by atoms with Crippen molar-refractivity contribution >= 4 is 35.6 Å². The van der Waals surface area contributed by atoms with Crippen LogP contribution in [-0.2, 0) is 4.74 Å². The summed E-state index contributed by atoms with van der Waals surface area (Å²) in [5.41, 5.74) is 6.88. The standard InChI is InChI=1S/C21H28N4O2.HI/c1-21(2,25-11-13-26-14-12-25)16-23-20(22)24-17-7-6-10-19(15-17)27-18-8-4-3-5-9-18;/h3-10,15H,11-14,16H2,1-2H3,(H3,22,23,24);1H. The van der Waals surface area contributed by atoms with Gasteiger partial charge >= 0.3 is 0 Å². The number of hydrogen-bond donors (Lipinski definition) is 2. The van der Waals surface area contributed by atoms with E-state index >= 15 is 0 Å². The first-order chi connectivity index (χ1) is 13.0. The third-order valence-corrected chi connectivity index (χ3v) is 4.59. The molecule has 0 spiro atoms. The van der Waals surface area contributed by atoms with Crippen LogP contribution in [0.3, 0.4) is 0 Å². The Morgan fingerprint density at radius 1 is 1.11 bits per heavy atom. The SMILES string of the molecule is CC(C)(CN=C(N)Nc1cccc(Oc2ccccc2)c1)N1CCOCC1.I. The van der Waals surface area contributed by atoms with E-state index in [1.165, 1.54) is 0 Å². The second-order valence-electron chi connectivity index (χ2n) is 7.18. The Morgan fingerprint density at radius 2 is 1.79 bits per heavy atom. The zero-order chi connectivity index (χ0) is 19.1. The molecule has 0 aromatic heterocycles. The third kappa shape index (κ3) is 6.65. The molecular formula is C21H29IN4O2. The maximum absolute atomic E-state index is 6.10. The van der Waals surface area contributed by atoms with E-state index in [0.29, 0.717) is 12.5 Å². The number of morpholine rings is 1. The van der Waals surface area contributed by atoms with Crippen LogP contribution in [0.1, 0.15) is 13.8 Å². The molecular weight excluding hydrogens is 467 g/mol. The van der Waals surface area contributed by atoms with Crippen LogP contribution < -0.4 is 15.8 Å². The van der Waals surface area contributed by atoms with Crippen molar-refractivity contribution in [3.8, 4) is 11.5 Å². The molecule has 6 nitrogen and oxygen atoms in total. The number of hydrogen-bond acceptors (Lipinski definition) is 4. The first kappa shape index (κ1) is 22.4. The number of ether oxygens (including phenoxy) is 2. The van der Waals surface area contributed by atoms with Crippen molar-refractivity contribution in [3.05, 3.63) is 54.6 Å². The number of aliphatic imine (C=N–C) groups is 1. The second kappa shape index (κ2) is 10.6. The van der Waals surface area contributed by atoms with E-state index in [0.717, 1.165) is 43.5 Å². The van der Waals surface area contributed by atoms with Gasteiger partial charge in [-0.15, -0.1) is 24.0 Å². The summed E-state index contributed by atoms with van der Waals surface area (Å²) in [7, 11) is 0. The number of nitrogens with zero attached hydrogens (tertiary/aromatic N) is 2. The second-order valence-corrected chi connectivity index (χ2v) is 7.18. The van der Waals surface area contributed by atoms with Gasteiger partial charge in [0.1, 0.15) is 11.5 Å². The van der Waals surface area contributed by atoms with E-state index in [4.69, 9.17) is 15.2 Å². The molecule has 3 rings (SSSR count). The van der Waals surface area contributed by atoms with Crippen molar-refractivity contribution in [2.75, 3.05) is 38.2 Å². The molecule has 0 amide bonds. The largest absolute Gasteiger partial charge is 0.457 e. The lowest BCUT2D eigenvalue weighted by Gasteiger charge is -2.39. The highest BCUT2D eigenvalue weighted by Crippen LogP contribution is 2.24. The van der Waals surface area contributed by atoms with Crippen molar-refractivity contribution in [2.45, 2.75) is 19.4 Å². The van der Waals surface area contributed by atoms with E-state index in [1.807, 2.05) is 54.6 Å². The summed E-state index contributed by atoms with van der Waals surface area (Å²) in [5, 5.41) is 3.15. The van der Waals surface area contributed by atoms with Gasteiger partial charge in [-0.1, -0.05) is 24.3 Å². The zero-order valence-corrected chi connectivity index (χ0v) is 18.8. The van der Waals surface area contributed by atoms with Crippen molar-refractivity contribution in [1.29, 1.82) is 0 Å². The smallest absolute Gasteiger partial charge is 0.193 e. The summed E-state index contributed by atoms with van der Waals surface area (Å²) in [6, 6.07) is 17.4. The van der Waals surface area contributed by atoms with Crippen LogP contribution in [0.4, 0.5) is 5.69 Å². The van der Waals surface area contributed by atoms with Gasteiger partial charge < -0.3 is 20.5 Å². The molecule has 2 aromatic rings. The molecule has 0 radical (unpaired) electrons. The molecule has 2 aromatic carbocycles. The number of rotatable bonds is 6. The number of benzene rings is 2. The molecule has 1 fully saturated rings. The Labute approximate surface area is 184 Å². The third-order valence-electron chi connectivity index (χ3n) is 4.59. The summed E-state index contributed by atoms with van der Waals surface area (Å²) < 4.78 is 11.3. The van der Waals surface area contributed by atoms with Gasteiger partial charge in [0, 0.05) is 30.4 Å². The molecule has 0 atom stereocenters. The summed E-state index contributed by atoms with van der Waals surface area (Å²) in [5.74, 6) is 1.93. The van der Waals surface area contributed by atoms with Crippen molar-refractivity contribution in [2.24, 2.45) is 10.7 Å². The fraction of sp³-hybridized carbons (Fsp3) is 0.381. The van der Waals surface area contributed by atoms with E-state index in [-0.39, 0.29) is 29.5 Å². The summed E-state index contributed by atoms with van der Waals surface area (Å²) in [6.45, 7) is 8.38. The summed E-state index contributed by atoms with van der Waals surface area (Å²) in [4.78, 5) is 6.93. The number of nitrogens with one attached hydrogen (secondary N) is 1. The number of para-hydroxylation sites is 1. The molecule has 0 aliphatic carbocycles. The van der Waals surface area contributed by atoms with Crippen molar-refractivity contribution < 1.29 is 9.47 Å². The highest BCUT2D eigenvalue weighted by molar-refractivity contribution is 14.0. The van der Waals surface area contributed by atoms with Crippen LogP contribution >= 0.6 is 24.0 Å². The van der Waals surface area contributed by atoms with Gasteiger partial charge in [-0.05, 0) is 38.1 Å². The number of halogens is 1. The van der Waals surface area contributed by atoms with Crippen LogP contribution in [0, 0.1) is 0 Å². The average molecular weight is 496 g/mol. The lowest BCUT2D eigenvalue weighted by Crippen LogP contribution is -2.51. The van der Waals surface area contributed by atoms with Gasteiger partial charge in [0.2, 0.25) is 0 Å². The lowest BCUT2D eigenvalue weighted by molar-refractivity contribution is -0.00680. The van der Waals surface area contributed by atoms with Crippen molar-refractivity contribution in [1.82, 2.24) is 4.90 Å². The predicted molar refractivity (Wildman–Crippen MR) is 125 cm³/mol. The topological polar surface area (TPSA) is 72.1 Å². The van der Waals surface area contributed by atoms with Crippen LogP contribution in [-0.4, -0.2) is 49.2 Å². The molecule has 152 valence electrons. The van der Waals surface area contributed by atoms with E-state index in [9.17, 15) is 0 Å². The normalized spacial score (nSPS) is 15.6. The zero-order valence-electron chi connectivity index (χ0n) is 16.4. The summed E-state index contributed by atoms with van der Waals surface area (Å²) >= 11 is 0. The van der Waals surface area contributed by atoms with Gasteiger partial charge in [-0.3, -0.25) is 9.89 Å². The molecule has 1 aliphatic heterocycles. The van der Waals surface area contributed by atoms with Gasteiger partial charge in [-0.2, -0.15) is 0 Å². The van der Waals surface area contributed by atoms with Crippen LogP contribution in [0.5, 0.6) is 11.5 Å². The van der Waals surface area contributed by atoms with Crippen LogP contribution in [0.2, 0.25) is 0 Å². The predicted octanol–water partition coefficient (Wildman–Crippen LogP) is 3.93. The van der Waals surface area contributed by atoms with Crippen LogP contribution in [0.25, 0.3) is 0 Å². The molecule has 0 bridgehead atoms. The Morgan fingerprint density at radius 3 is 2.50 bits per heavy atom. The molecule has 1 heterocycles. The average Bonchev–Trinajstić information content (AvgIpc) is 2.68. The number of nitrogens with two attached hydrogens (primary N) is 1.